The van der Waals surface area contributed by atoms with E-state index < -0.39 is 23.3 Å². The maximum absolute atomic E-state index is 12.7. The number of rotatable bonds is 2. The molecule has 0 aliphatic heterocycles. The van der Waals surface area contributed by atoms with Gasteiger partial charge < -0.3 is 10.3 Å². The third-order valence-electron chi connectivity index (χ3n) is 2.40. The van der Waals surface area contributed by atoms with Gasteiger partial charge in [-0.3, -0.25) is 10.1 Å². The molecule has 1 aromatic heterocycles. The second-order valence-electron chi connectivity index (χ2n) is 3.87. The van der Waals surface area contributed by atoms with Crippen LogP contribution in [0.1, 0.15) is 21.7 Å². The van der Waals surface area contributed by atoms with Crippen molar-refractivity contribution in [2.45, 2.75) is 13.1 Å². The van der Waals surface area contributed by atoms with Gasteiger partial charge in [0, 0.05) is 0 Å². The molecular formula is C11H9F3N4O2. The van der Waals surface area contributed by atoms with Crippen molar-refractivity contribution >= 4 is 17.6 Å². The van der Waals surface area contributed by atoms with Crippen LogP contribution in [0.5, 0.6) is 0 Å². The Balaban J connectivity index is 2.31. The predicted molar refractivity (Wildman–Crippen MR) is 62.8 cm³/mol. The van der Waals surface area contributed by atoms with Gasteiger partial charge >= 0.3 is 12.2 Å². The highest BCUT2D eigenvalue weighted by Gasteiger charge is 2.34. The van der Waals surface area contributed by atoms with Gasteiger partial charge in [-0.15, -0.1) is 0 Å². The molecule has 3 N–H and O–H groups in total. The Labute approximate surface area is 110 Å². The number of nitrogens with zero attached hydrogens (tertiary/aromatic N) is 2. The number of alkyl halides is 3. The van der Waals surface area contributed by atoms with Crippen molar-refractivity contribution in [1.29, 1.82) is 0 Å². The Morgan fingerprint density at radius 2 is 2.10 bits per heavy atom. The maximum Gasteiger partial charge on any atom is 0.418 e. The molecule has 2 aromatic rings. The van der Waals surface area contributed by atoms with Gasteiger partial charge in [-0.2, -0.15) is 18.2 Å². The van der Waals surface area contributed by atoms with E-state index in [4.69, 9.17) is 5.73 Å². The van der Waals surface area contributed by atoms with E-state index in [1.54, 1.807) is 0 Å². The number of halogens is 3. The molecule has 106 valence electrons. The first-order valence-electron chi connectivity index (χ1n) is 5.36. The Hall–Kier alpha value is -2.58. The van der Waals surface area contributed by atoms with E-state index in [0.29, 0.717) is 0 Å². The lowest BCUT2D eigenvalue weighted by atomic mass is 10.1. The van der Waals surface area contributed by atoms with Gasteiger partial charge in [-0.05, 0) is 19.1 Å². The minimum absolute atomic E-state index is 0.218. The number of nitrogen functional groups attached to an aromatic ring is 1. The summed E-state index contributed by atoms with van der Waals surface area (Å²) in [5, 5.41) is 5.60. The molecule has 2 rings (SSSR count). The summed E-state index contributed by atoms with van der Waals surface area (Å²) < 4.78 is 42.6. The standard InChI is InChI=1S/C11H9F3N4O2/c1-5-16-10(20-18-5)17-9(19)6-3-2-4-7(8(6)15)11(12,13)14/h2-4H,15H2,1H3,(H,16,17,18,19). The molecular weight excluding hydrogens is 277 g/mol. The van der Waals surface area contributed by atoms with Gasteiger partial charge in [0.25, 0.3) is 5.91 Å². The van der Waals surface area contributed by atoms with Crippen molar-refractivity contribution in [1.82, 2.24) is 10.1 Å². The molecule has 0 aliphatic carbocycles. The minimum Gasteiger partial charge on any atom is -0.398 e. The van der Waals surface area contributed by atoms with Crippen LogP contribution >= 0.6 is 0 Å². The highest BCUT2D eigenvalue weighted by molar-refractivity contribution is 6.07. The zero-order valence-corrected chi connectivity index (χ0v) is 10.2. The summed E-state index contributed by atoms with van der Waals surface area (Å²) in [4.78, 5) is 15.5. The monoisotopic (exact) mass is 286 g/mol. The number of nitrogens with one attached hydrogen (secondary N) is 1. The van der Waals surface area contributed by atoms with E-state index in [2.05, 4.69) is 20.0 Å². The van der Waals surface area contributed by atoms with Crippen LogP contribution < -0.4 is 11.1 Å². The number of para-hydroxylation sites is 1. The number of anilines is 2. The summed E-state index contributed by atoms with van der Waals surface area (Å²) in [7, 11) is 0. The first-order valence-corrected chi connectivity index (χ1v) is 5.36. The number of nitrogens with two attached hydrogens (primary N) is 1. The molecule has 0 radical (unpaired) electrons. The molecule has 0 bridgehead atoms. The molecule has 6 nitrogen and oxygen atoms in total. The fourth-order valence-electron chi connectivity index (χ4n) is 1.52. The van der Waals surface area contributed by atoms with Crippen LogP contribution in [-0.2, 0) is 6.18 Å². The lowest BCUT2D eigenvalue weighted by molar-refractivity contribution is -0.136. The van der Waals surface area contributed by atoms with Crippen molar-refractivity contribution in [3.8, 4) is 0 Å². The largest absolute Gasteiger partial charge is 0.418 e. The number of carbonyl (C=O) groups excluding carboxylic acids is 1. The number of aromatic nitrogens is 2. The first kappa shape index (κ1) is 13.8. The van der Waals surface area contributed by atoms with Crippen LogP contribution in [0.25, 0.3) is 0 Å². The van der Waals surface area contributed by atoms with E-state index in [1.807, 2.05) is 0 Å². The third-order valence-corrected chi connectivity index (χ3v) is 2.40. The van der Waals surface area contributed by atoms with Crippen molar-refractivity contribution < 1.29 is 22.5 Å². The molecule has 1 heterocycles. The number of aryl methyl sites for hydroxylation is 1. The van der Waals surface area contributed by atoms with Crippen molar-refractivity contribution in [3.63, 3.8) is 0 Å². The van der Waals surface area contributed by atoms with E-state index in [0.717, 1.165) is 12.1 Å². The zero-order valence-electron chi connectivity index (χ0n) is 10.2. The highest BCUT2D eigenvalue weighted by Crippen LogP contribution is 2.35. The van der Waals surface area contributed by atoms with Gasteiger partial charge in [-0.1, -0.05) is 11.2 Å². The number of carbonyl (C=O) groups is 1. The van der Waals surface area contributed by atoms with Crippen LogP contribution in [0.15, 0.2) is 22.7 Å². The van der Waals surface area contributed by atoms with Gasteiger partial charge in [0.2, 0.25) is 0 Å². The van der Waals surface area contributed by atoms with Crippen molar-refractivity contribution in [2.24, 2.45) is 0 Å². The summed E-state index contributed by atoms with van der Waals surface area (Å²) in [6.07, 6.45) is -4.64. The molecule has 0 atom stereocenters. The summed E-state index contributed by atoms with van der Waals surface area (Å²) in [6.45, 7) is 1.53. The van der Waals surface area contributed by atoms with Crippen molar-refractivity contribution in [3.05, 3.63) is 35.2 Å². The number of hydrogen-bond donors (Lipinski definition) is 2. The van der Waals surface area contributed by atoms with E-state index in [1.165, 1.54) is 13.0 Å². The van der Waals surface area contributed by atoms with Gasteiger partial charge in [0.15, 0.2) is 5.82 Å². The SMILES string of the molecule is Cc1noc(NC(=O)c2cccc(C(F)(F)F)c2N)n1. The second kappa shape index (κ2) is 4.83. The molecule has 0 saturated carbocycles. The topological polar surface area (TPSA) is 94.0 Å². The average Bonchev–Trinajstić information content (AvgIpc) is 2.73. The molecule has 9 heteroatoms. The smallest absolute Gasteiger partial charge is 0.398 e. The summed E-state index contributed by atoms with van der Waals surface area (Å²) in [5.41, 5.74) is 3.32. The average molecular weight is 286 g/mol. The molecule has 0 aliphatic rings. The van der Waals surface area contributed by atoms with E-state index in [-0.39, 0.29) is 17.4 Å². The molecule has 1 aromatic carbocycles. The number of hydrogen-bond acceptors (Lipinski definition) is 5. The van der Waals surface area contributed by atoms with Crippen LogP contribution in [0, 0.1) is 6.92 Å². The molecule has 20 heavy (non-hydrogen) atoms. The molecule has 0 saturated heterocycles. The quantitative estimate of drug-likeness (QED) is 0.825. The van der Waals surface area contributed by atoms with Crippen LogP contribution in [-0.4, -0.2) is 16.0 Å². The Morgan fingerprint density at radius 1 is 1.40 bits per heavy atom. The van der Waals surface area contributed by atoms with E-state index in [9.17, 15) is 18.0 Å². The zero-order chi connectivity index (χ0) is 14.9. The summed E-state index contributed by atoms with van der Waals surface area (Å²) in [6, 6.07) is 2.84. The maximum atomic E-state index is 12.7. The molecule has 0 spiro atoms. The van der Waals surface area contributed by atoms with Crippen LogP contribution in [0.4, 0.5) is 24.9 Å². The van der Waals surface area contributed by atoms with Crippen molar-refractivity contribution in [2.75, 3.05) is 11.1 Å². The minimum atomic E-state index is -4.64. The van der Waals surface area contributed by atoms with Crippen LogP contribution in [0.2, 0.25) is 0 Å². The number of amides is 1. The second-order valence-corrected chi connectivity index (χ2v) is 3.87. The fraction of sp³-hybridized carbons (Fsp3) is 0.182. The fourth-order valence-corrected chi connectivity index (χ4v) is 1.52. The Kier molecular flexibility index (Phi) is 3.35. The normalized spacial score (nSPS) is 11.4. The summed E-state index contributed by atoms with van der Waals surface area (Å²) in [5.74, 6) is -0.588. The highest BCUT2D eigenvalue weighted by atomic mass is 19.4. The molecule has 0 unspecified atom stereocenters. The van der Waals surface area contributed by atoms with Gasteiger partial charge in [0.1, 0.15) is 0 Å². The molecule has 1 amide bonds. The Morgan fingerprint density at radius 3 is 2.65 bits per heavy atom. The third kappa shape index (κ3) is 2.71. The first-order chi connectivity index (χ1) is 9.29. The lowest BCUT2D eigenvalue weighted by Crippen LogP contribution is -2.17. The van der Waals surface area contributed by atoms with Gasteiger partial charge in [-0.25, -0.2) is 0 Å². The predicted octanol–water partition coefficient (Wildman–Crippen LogP) is 2.23. The lowest BCUT2D eigenvalue weighted by Gasteiger charge is -2.12. The molecule has 0 fully saturated rings. The van der Waals surface area contributed by atoms with Gasteiger partial charge in [0.05, 0.1) is 16.8 Å². The van der Waals surface area contributed by atoms with Crippen LogP contribution in [0.3, 0.4) is 0 Å². The Bertz CT molecular complexity index is 651. The summed E-state index contributed by atoms with van der Waals surface area (Å²) >= 11 is 0. The van der Waals surface area contributed by atoms with E-state index >= 15 is 0 Å². The number of benzene rings is 1.